The molecule has 0 saturated carbocycles. The van der Waals surface area contributed by atoms with Crippen LogP contribution in [0.5, 0.6) is 11.5 Å². The molecule has 2 unspecified atom stereocenters. The third-order valence-corrected chi connectivity index (χ3v) is 5.83. The maximum absolute atomic E-state index is 12.7. The van der Waals surface area contributed by atoms with Crippen molar-refractivity contribution in [2.45, 2.75) is 18.5 Å². The normalized spacial score (nSPS) is 20.7. The van der Waals surface area contributed by atoms with Crippen LogP contribution in [0, 0.1) is 0 Å². The Labute approximate surface area is 173 Å². The number of nitrogens with zero attached hydrogens (tertiary/aromatic N) is 6. The van der Waals surface area contributed by atoms with E-state index in [1.807, 2.05) is 12.1 Å². The summed E-state index contributed by atoms with van der Waals surface area (Å²) in [4.78, 5) is 17.2. The zero-order chi connectivity index (χ0) is 20.7. The van der Waals surface area contributed by atoms with Crippen molar-refractivity contribution in [2.24, 2.45) is 0 Å². The van der Waals surface area contributed by atoms with Crippen LogP contribution in [0.2, 0.25) is 0 Å². The molecule has 2 aromatic heterocycles. The first-order valence-corrected chi connectivity index (χ1v) is 9.84. The first kappa shape index (κ1) is 18.6. The van der Waals surface area contributed by atoms with E-state index >= 15 is 0 Å². The number of amides is 1. The minimum atomic E-state index is -0.0503. The number of fused-ring (bicyclic) bond motifs is 3. The van der Waals surface area contributed by atoms with E-state index in [9.17, 15) is 4.79 Å². The van der Waals surface area contributed by atoms with E-state index in [1.165, 1.54) is 0 Å². The molecule has 3 aliphatic rings. The molecule has 2 atom stereocenters. The number of piperidine rings is 1. The first-order valence-electron chi connectivity index (χ1n) is 9.84. The average molecular weight is 409 g/mol. The Balaban J connectivity index is 1.21. The minimum absolute atomic E-state index is 0.0503. The van der Waals surface area contributed by atoms with Gasteiger partial charge in [0.2, 0.25) is 5.91 Å². The fourth-order valence-electron chi connectivity index (χ4n) is 4.28. The van der Waals surface area contributed by atoms with Crippen molar-refractivity contribution in [1.82, 2.24) is 24.7 Å². The summed E-state index contributed by atoms with van der Waals surface area (Å²) in [5.41, 5.74) is 1.37. The highest BCUT2D eigenvalue weighted by atomic mass is 16.5. The number of nitrogens with one attached hydrogen (secondary N) is 1. The van der Waals surface area contributed by atoms with Gasteiger partial charge in [0.15, 0.2) is 5.65 Å². The number of rotatable bonds is 6. The number of benzene rings is 1. The monoisotopic (exact) mass is 409 g/mol. The molecule has 1 N–H and O–H groups in total. The van der Waals surface area contributed by atoms with Crippen LogP contribution in [-0.4, -0.2) is 76.6 Å². The minimum Gasteiger partial charge on any atom is -0.497 e. The number of anilines is 2. The fourth-order valence-corrected chi connectivity index (χ4v) is 4.28. The number of methoxy groups -OCH3 is 2. The van der Waals surface area contributed by atoms with Crippen LogP contribution in [-0.2, 0) is 4.79 Å². The highest BCUT2D eigenvalue weighted by Gasteiger charge is 2.45. The largest absolute Gasteiger partial charge is 0.497 e. The molecule has 10 heteroatoms. The van der Waals surface area contributed by atoms with E-state index in [-0.39, 0.29) is 5.91 Å². The van der Waals surface area contributed by atoms with Gasteiger partial charge >= 0.3 is 0 Å². The van der Waals surface area contributed by atoms with E-state index in [0.29, 0.717) is 35.8 Å². The van der Waals surface area contributed by atoms with Gasteiger partial charge in [0, 0.05) is 31.2 Å². The number of carbonyl (C=O) groups is 1. The van der Waals surface area contributed by atoms with Crippen LogP contribution >= 0.6 is 0 Å². The molecule has 3 aliphatic heterocycles. The summed E-state index contributed by atoms with van der Waals surface area (Å²) < 4.78 is 12.3. The van der Waals surface area contributed by atoms with Gasteiger partial charge in [0.25, 0.3) is 0 Å². The van der Waals surface area contributed by atoms with Gasteiger partial charge in [0.1, 0.15) is 23.6 Å². The van der Waals surface area contributed by atoms with Crippen molar-refractivity contribution < 1.29 is 14.3 Å². The van der Waals surface area contributed by atoms with Crippen LogP contribution in [0.1, 0.15) is 6.42 Å². The Kier molecular flexibility index (Phi) is 4.62. The molecule has 6 rings (SSSR count). The van der Waals surface area contributed by atoms with Crippen molar-refractivity contribution in [3.05, 3.63) is 36.7 Å². The lowest BCUT2D eigenvalue weighted by molar-refractivity contribution is -0.121. The molecule has 3 saturated heterocycles. The van der Waals surface area contributed by atoms with Crippen molar-refractivity contribution in [3.8, 4) is 11.5 Å². The maximum atomic E-state index is 12.7. The van der Waals surface area contributed by atoms with Crippen molar-refractivity contribution in [2.75, 3.05) is 44.1 Å². The Hall–Kier alpha value is -3.40. The second kappa shape index (κ2) is 7.45. The SMILES string of the molecule is COc1ccc(NC(=O)CN2C3CC2CN(c2ccc4nncn4n2)C3)c(OC)c1. The molecule has 30 heavy (non-hydrogen) atoms. The smallest absolute Gasteiger partial charge is 0.238 e. The molecule has 3 aromatic rings. The lowest BCUT2D eigenvalue weighted by Gasteiger charge is -2.56. The molecule has 0 spiro atoms. The van der Waals surface area contributed by atoms with E-state index in [0.717, 1.165) is 31.0 Å². The lowest BCUT2D eigenvalue weighted by atomic mass is 9.87. The van der Waals surface area contributed by atoms with Crippen LogP contribution in [0.3, 0.4) is 0 Å². The molecule has 0 radical (unpaired) electrons. The lowest BCUT2D eigenvalue weighted by Crippen LogP contribution is -2.69. The fraction of sp³-hybridized carbons (Fsp3) is 0.400. The highest BCUT2D eigenvalue weighted by Crippen LogP contribution is 2.34. The summed E-state index contributed by atoms with van der Waals surface area (Å²) in [6.45, 7) is 2.04. The van der Waals surface area contributed by atoms with E-state index in [2.05, 4.69) is 30.4 Å². The predicted molar refractivity (Wildman–Crippen MR) is 110 cm³/mol. The van der Waals surface area contributed by atoms with Crippen LogP contribution in [0.4, 0.5) is 11.5 Å². The van der Waals surface area contributed by atoms with Crippen molar-refractivity contribution in [3.63, 3.8) is 0 Å². The second-order valence-electron chi connectivity index (χ2n) is 7.56. The first-order chi connectivity index (χ1) is 14.6. The molecule has 1 aromatic carbocycles. The zero-order valence-corrected chi connectivity index (χ0v) is 16.9. The van der Waals surface area contributed by atoms with Crippen LogP contribution in [0.25, 0.3) is 5.65 Å². The zero-order valence-electron chi connectivity index (χ0n) is 16.9. The van der Waals surface area contributed by atoms with Gasteiger partial charge < -0.3 is 19.7 Å². The number of aromatic nitrogens is 4. The topological polar surface area (TPSA) is 97.1 Å². The molecular formula is C20H23N7O3. The Morgan fingerprint density at radius 1 is 1.17 bits per heavy atom. The highest BCUT2D eigenvalue weighted by molar-refractivity contribution is 5.94. The third-order valence-electron chi connectivity index (χ3n) is 5.83. The molecule has 1 amide bonds. The third kappa shape index (κ3) is 3.28. The van der Waals surface area contributed by atoms with E-state index in [1.54, 1.807) is 43.3 Å². The average Bonchev–Trinajstić information content (AvgIpc) is 3.25. The molecule has 0 aliphatic carbocycles. The van der Waals surface area contributed by atoms with E-state index in [4.69, 9.17) is 9.47 Å². The summed E-state index contributed by atoms with van der Waals surface area (Å²) >= 11 is 0. The summed E-state index contributed by atoms with van der Waals surface area (Å²) in [5, 5.41) is 15.4. The number of hydrogen-bond donors (Lipinski definition) is 1. The van der Waals surface area contributed by atoms with Gasteiger partial charge in [-0.2, -0.15) is 4.52 Å². The molecule has 156 valence electrons. The quantitative estimate of drug-likeness (QED) is 0.645. The second-order valence-corrected chi connectivity index (χ2v) is 7.56. The van der Waals surface area contributed by atoms with Crippen molar-refractivity contribution in [1.29, 1.82) is 0 Å². The van der Waals surface area contributed by atoms with Gasteiger partial charge in [-0.3, -0.25) is 9.69 Å². The number of piperazine rings is 1. The van der Waals surface area contributed by atoms with E-state index < -0.39 is 0 Å². The number of ether oxygens (including phenoxy) is 2. The number of carbonyl (C=O) groups excluding carboxylic acids is 1. The summed E-state index contributed by atoms with van der Waals surface area (Å²) in [5.74, 6) is 2.11. The van der Waals surface area contributed by atoms with Crippen LogP contribution < -0.4 is 19.7 Å². The summed E-state index contributed by atoms with van der Waals surface area (Å²) in [6.07, 6.45) is 2.71. The maximum Gasteiger partial charge on any atom is 0.238 e. The van der Waals surface area contributed by atoms with Gasteiger partial charge in [0.05, 0.1) is 26.5 Å². The summed E-state index contributed by atoms with van der Waals surface area (Å²) in [7, 11) is 3.17. The summed E-state index contributed by atoms with van der Waals surface area (Å²) in [6, 6.07) is 9.92. The van der Waals surface area contributed by atoms with Crippen molar-refractivity contribution >= 4 is 23.1 Å². The Morgan fingerprint density at radius 3 is 2.77 bits per heavy atom. The van der Waals surface area contributed by atoms with Gasteiger partial charge in [-0.15, -0.1) is 15.3 Å². The molecular weight excluding hydrogens is 386 g/mol. The number of hydrogen-bond acceptors (Lipinski definition) is 8. The predicted octanol–water partition coefficient (Wildman–Crippen LogP) is 1.04. The standard InChI is InChI=1S/C20H23N7O3/c1-29-15-3-4-16(17(8-15)30-2)22-20(28)11-26-13-7-14(26)10-25(9-13)19-6-5-18-23-21-12-27(18)24-19/h3-6,8,12-14H,7,9-11H2,1-2H3,(H,22,28). The molecule has 10 nitrogen and oxygen atoms in total. The molecule has 3 fully saturated rings. The molecule has 5 heterocycles. The Bertz CT molecular complexity index is 1070. The molecule has 2 bridgehead atoms. The van der Waals surface area contributed by atoms with Gasteiger partial charge in [-0.05, 0) is 30.7 Å². The Morgan fingerprint density at radius 2 is 2.00 bits per heavy atom. The van der Waals surface area contributed by atoms with Crippen LogP contribution in [0.15, 0.2) is 36.7 Å². The van der Waals surface area contributed by atoms with Gasteiger partial charge in [-0.25, -0.2) is 0 Å². The van der Waals surface area contributed by atoms with Gasteiger partial charge in [-0.1, -0.05) is 0 Å².